The van der Waals surface area contributed by atoms with Crippen molar-refractivity contribution in [2.24, 2.45) is 0 Å². The molecule has 0 saturated heterocycles. The van der Waals surface area contributed by atoms with Crippen molar-refractivity contribution in [1.82, 2.24) is 10.3 Å². The molecule has 0 aliphatic rings. The van der Waals surface area contributed by atoms with Gasteiger partial charge in [0, 0.05) is 12.4 Å². The predicted octanol–water partition coefficient (Wildman–Crippen LogP) is -0.250. The number of hydrogen-bond acceptors (Lipinski definition) is 6. The maximum atomic E-state index is 11.2. The summed E-state index contributed by atoms with van der Waals surface area (Å²) in [7, 11) is 1.28. The zero-order chi connectivity index (χ0) is 11.8. The van der Waals surface area contributed by atoms with Crippen LogP contribution in [0.5, 0.6) is 5.75 Å². The molecule has 1 N–H and O–H groups in total. The minimum Gasteiger partial charge on any atom is -0.468 e. The Bertz CT molecular complexity index is 353. The minimum atomic E-state index is -0.477. The van der Waals surface area contributed by atoms with Crippen molar-refractivity contribution in [2.75, 3.05) is 20.2 Å². The van der Waals surface area contributed by atoms with Crippen LogP contribution < -0.4 is 10.1 Å². The number of pyridine rings is 1. The van der Waals surface area contributed by atoms with Crippen molar-refractivity contribution in [3.05, 3.63) is 24.5 Å². The predicted molar refractivity (Wildman–Crippen MR) is 54.8 cm³/mol. The first-order chi connectivity index (χ1) is 7.72. The van der Waals surface area contributed by atoms with Crippen LogP contribution >= 0.6 is 0 Å². The monoisotopic (exact) mass is 224 g/mol. The van der Waals surface area contributed by atoms with Gasteiger partial charge in [-0.25, -0.2) is 0 Å². The largest absolute Gasteiger partial charge is 0.468 e. The summed E-state index contributed by atoms with van der Waals surface area (Å²) < 4.78 is 9.32. The lowest BCUT2D eigenvalue weighted by Gasteiger charge is -2.04. The molecule has 0 saturated carbocycles. The molecule has 86 valence electrons. The van der Waals surface area contributed by atoms with Crippen LogP contribution in [0.1, 0.15) is 0 Å². The van der Waals surface area contributed by atoms with E-state index in [9.17, 15) is 9.59 Å². The van der Waals surface area contributed by atoms with E-state index in [2.05, 4.69) is 15.0 Å². The first-order valence-electron chi connectivity index (χ1n) is 4.60. The fourth-order valence-corrected chi connectivity index (χ4v) is 0.913. The fourth-order valence-electron chi connectivity index (χ4n) is 0.913. The molecule has 1 aromatic heterocycles. The van der Waals surface area contributed by atoms with Crippen LogP contribution in [0, 0.1) is 0 Å². The lowest BCUT2D eigenvalue weighted by molar-refractivity contribution is -0.139. The molecular weight excluding hydrogens is 212 g/mol. The van der Waals surface area contributed by atoms with Gasteiger partial charge >= 0.3 is 11.9 Å². The van der Waals surface area contributed by atoms with Crippen molar-refractivity contribution in [1.29, 1.82) is 0 Å². The number of carbonyl (C=O) groups excluding carboxylic acids is 2. The van der Waals surface area contributed by atoms with E-state index in [1.807, 2.05) is 0 Å². The summed E-state index contributed by atoms with van der Waals surface area (Å²) in [6.07, 6.45) is 3.04. The Morgan fingerprint density at radius 2 is 1.88 bits per heavy atom. The molecule has 1 aromatic rings. The molecule has 16 heavy (non-hydrogen) atoms. The molecule has 6 heteroatoms. The molecule has 0 radical (unpaired) electrons. The average molecular weight is 224 g/mol. The molecule has 0 spiro atoms. The topological polar surface area (TPSA) is 77.5 Å². The third kappa shape index (κ3) is 4.52. The second-order valence-electron chi connectivity index (χ2n) is 2.84. The third-order valence-corrected chi connectivity index (χ3v) is 1.65. The maximum Gasteiger partial charge on any atom is 0.325 e. The van der Waals surface area contributed by atoms with E-state index < -0.39 is 11.9 Å². The van der Waals surface area contributed by atoms with Crippen LogP contribution in [0.3, 0.4) is 0 Å². The Morgan fingerprint density at radius 1 is 1.25 bits per heavy atom. The molecule has 0 aliphatic carbocycles. The van der Waals surface area contributed by atoms with Gasteiger partial charge in [0.25, 0.3) is 0 Å². The van der Waals surface area contributed by atoms with E-state index >= 15 is 0 Å². The number of hydrogen-bond donors (Lipinski definition) is 1. The summed E-state index contributed by atoms with van der Waals surface area (Å²) in [5.74, 6) is -0.494. The maximum absolute atomic E-state index is 11.2. The van der Waals surface area contributed by atoms with Crippen LogP contribution in [0.4, 0.5) is 0 Å². The quantitative estimate of drug-likeness (QED) is 0.695. The summed E-state index contributed by atoms with van der Waals surface area (Å²) in [6.45, 7) is -0.0840. The summed E-state index contributed by atoms with van der Waals surface area (Å²) in [6, 6.07) is 3.14. The van der Waals surface area contributed by atoms with Gasteiger partial charge in [0.2, 0.25) is 0 Å². The second kappa shape index (κ2) is 6.52. The smallest absolute Gasteiger partial charge is 0.325 e. The molecule has 0 amide bonds. The lowest BCUT2D eigenvalue weighted by Crippen LogP contribution is -2.31. The molecule has 6 nitrogen and oxygen atoms in total. The molecule has 0 unspecified atom stereocenters. The Balaban J connectivity index is 2.24. The van der Waals surface area contributed by atoms with Crippen molar-refractivity contribution < 1.29 is 19.1 Å². The van der Waals surface area contributed by atoms with Gasteiger partial charge in [-0.2, -0.15) is 0 Å². The van der Waals surface area contributed by atoms with Gasteiger partial charge in [-0.1, -0.05) is 0 Å². The zero-order valence-electron chi connectivity index (χ0n) is 8.80. The second-order valence-corrected chi connectivity index (χ2v) is 2.84. The van der Waals surface area contributed by atoms with Gasteiger partial charge < -0.3 is 9.47 Å². The Hall–Kier alpha value is -1.95. The van der Waals surface area contributed by atoms with Gasteiger partial charge in [0.15, 0.2) is 0 Å². The SMILES string of the molecule is COC(=O)CNCC(=O)Oc1ccncc1. The van der Waals surface area contributed by atoms with Gasteiger partial charge in [0.05, 0.1) is 20.2 Å². The highest BCUT2D eigenvalue weighted by molar-refractivity contribution is 5.76. The van der Waals surface area contributed by atoms with Gasteiger partial charge in [-0.15, -0.1) is 0 Å². The van der Waals surface area contributed by atoms with Crippen molar-refractivity contribution in [2.45, 2.75) is 0 Å². The van der Waals surface area contributed by atoms with Crippen LogP contribution in [-0.2, 0) is 14.3 Å². The molecule has 0 fully saturated rings. The zero-order valence-corrected chi connectivity index (χ0v) is 8.80. The van der Waals surface area contributed by atoms with E-state index in [1.54, 1.807) is 12.1 Å². The highest BCUT2D eigenvalue weighted by atomic mass is 16.5. The minimum absolute atomic E-state index is 0.0258. The van der Waals surface area contributed by atoms with E-state index in [0.29, 0.717) is 5.75 Å². The number of rotatable bonds is 5. The molecule has 1 rings (SSSR count). The molecule has 1 heterocycles. The number of aromatic nitrogens is 1. The average Bonchev–Trinajstić information content (AvgIpc) is 2.30. The lowest BCUT2D eigenvalue weighted by atomic mass is 10.4. The highest BCUT2D eigenvalue weighted by Gasteiger charge is 2.05. The Labute approximate surface area is 92.6 Å². The normalized spacial score (nSPS) is 9.56. The van der Waals surface area contributed by atoms with Crippen LogP contribution in [0.25, 0.3) is 0 Å². The van der Waals surface area contributed by atoms with Gasteiger partial charge in [-0.3, -0.25) is 19.9 Å². The van der Waals surface area contributed by atoms with Crippen LogP contribution in [-0.4, -0.2) is 37.1 Å². The highest BCUT2D eigenvalue weighted by Crippen LogP contribution is 2.06. The van der Waals surface area contributed by atoms with E-state index in [4.69, 9.17) is 4.74 Å². The van der Waals surface area contributed by atoms with Gasteiger partial charge in [0.1, 0.15) is 5.75 Å². The first kappa shape index (κ1) is 12.1. The summed E-state index contributed by atoms with van der Waals surface area (Å²) in [5, 5.41) is 2.59. The molecule has 0 aromatic carbocycles. The number of esters is 2. The third-order valence-electron chi connectivity index (χ3n) is 1.65. The fraction of sp³-hybridized carbons (Fsp3) is 0.300. The summed E-state index contributed by atoms with van der Waals surface area (Å²) >= 11 is 0. The van der Waals surface area contributed by atoms with Crippen LogP contribution in [0.2, 0.25) is 0 Å². The standard InChI is InChI=1S/C10H12N2O4/c1-15-9(13)6-12-7-10(14)16-8-2-4-11-5-3-8/h2-5,12H,6-7H2,1H3. The molecule has 0 bridgehead atoms. The van der Waals surface area contributed by atoms with E-state index in [1.165, 1.54) is 19.5 Å². The Morgan fingerprint density at radius 3 is 2.50 bits per heavy atom. The first-order valence-corrected chi connectivity index (χ1v) is 4.60. The Kier molecular flexibility index (Phi) is 4.94. The molecular formula is C10H12N2O4. The van der Waals surface area contributed by atoms with Crippen LogP contribution in [0.15, 0.2) is 24.5 Å². The molecule has 0 aliphatic heterocycles. The number of nitrogens with one attached hydrogen (secondary N) is 1. The van der Waals surface area contributed by atoms with Crippen molar-refractivity contribution >= 4 is 11.9 Å². The van der Waals surface area contributed by atoms with Crippen molar-refractivity contribution in [3.63, 3.8) is 0 Å². The van der Waals surface area contributed by atoms with E-state index in [0.717, 1.165) is 0 Å². The summed E-state index contributed by atoms with van der Waals surface area (Å²) in [5.41, 5.74) is 0. The van der Waals surface area contributed by atoms with Gasteiger partial charge in [-0.05, 0) is 12.1 Å². The summed E-state index contributed by atoms with van der Waals surface area (Å²) in [4.78, 5) is 25.7. The number of carbonyl (C=O) groups is 2. The molecule has 0 atom stereocenters. The van der Waals surface area contributed by atoms with E-state index in [-0.39, 0.29) is 13.1 Å². The van der Waals surface area contributed by atoms with Crippen molar-refractivity contribution in [3.8, 4) is 5.75 Å². The number of nitrogens with zero attached hydrogens (tertiary/aromatic N) is 1. The number of methoxy groups -OCH3 is 1. The number of ether oxygens (including phenoxy) is 2.